The molecule has 12 aromatic rings. The van der Waals surface area contributed by atoms with Crippen LogP contribution in [-0.2, 0) is 37.3 Å². The quantitative estimate of drug-likeness (QED) is 0.123. The number of hydrogen-bond donors (Lipinski definition) is 0. The van der Waals surface area contributed by atoms with Gasteiger partial charge in [-0.05, 0) is 124 Å². The zero-order valence-corrected chi connectivity index (χ0v) is 47.5. The molecule has 0 bridgehead atoms. The minimum absolute atomic E-state index is 0. The predicted octanol–water partition coefficient (Wildman–Crippen LogP) is 18.1. The van der Waals surface area contributed by atoms with Gasteiger partial charge in [-0.1, -0.05) is 207 Å². The van der Waals surface area contributed by atoms with E-state index in [4.69, 9.17) is 13.8 Å². The van der Waals surface area contributed by atoms with E-state index in [2.05, 4.69) is 207 Å². The third-order valence-corrected chi connectivity index (χ3v) is 15.1. The number of imidazole rings is 1. The Morgan fingerprint density at radius 3 is 1.87 bits per heavy atom. The van der Waals surface area contributed by atoms with E-state index >= 15 is 0 Å². The maximum Gasteiger partial charge on any atom is 0.268 e. The average Bonchev–Trinajstić information content (AvgIpc) is 3.10. The van der Waals surface area contributed by atoms with Crippen LogP contribution in [0.1, 0.15) is 85.9 Å². The van der Waals surface area contributed by atoms with Crippen LogP contribution in [0.2, 0.25) is 0 Å². The molecular weight excluding hydrogens is 1130 g/mol. The van der Waals surface area contributed by atoms with E-state index in [-0.39, 0.29) is 55.0 Å². The summed E-state index contributed by atoms with van der Waals surface area (Å²) < 4.78 is 58.3. The summed E-state index contributed by atoms with van der Waals surface area (Å²) in [5.41, 5.74) is 16.3. The van der Waals surface area contributed by atoms with Gasteiger partial charge in [0, 0.05) is 44.3 Å². The monoisotopic (exact) mass is 1200 g/mol. The second-order valence-corrected chi connectivity index (χ2v) is 23.3. The summed E-state index contributed by atoms with van der Waals surface area (Å²) in [6.45, 7) is 20.1. The summed E-state index contributed by atoms with van der Waals surface area (Å²) >= 11 is 0. The maximum absolute atomic E-state index is 9.45. The molecule has 386 valence electrons. The normalized spacial score (nSPS) is 13.2. The third kappa shape index (κ3) is 8.79. The third-order valence-electron chi connectivity index (χ3n) is 15.1. The van der Waals surface area contributed by atoms with E-state index in [1.54, 1.807) is 0 Å². The predicted molar refractivity (Wildman–Crippen MR) is 317 cm³/mol. The summed E-state index contributed by atoms with van der Waals surface area (Å²) in [6, 6.07) is 61.9. The zero-order chi connectivity index (χ0) is 57.3. The van der Waals surface area contributed by atoms with E-state index in [9.17, 15) is 2.74 Å². The molecule has 0 fully saturated rings. The van der Waals surface area contributed by atoms with Crippen LogP contribution in [0.3, 0.4) is 0 Å². The van der Waals surface area contributed by atoms with Crippen molar-refractivity contribution in [1.29, 1.82) is 0 Å². The van der Waals surface area contributed by atoms with Crippen molar-refractivity contribution >= 4 is 32.8 Å². The van der Waals surface area contributed by atoms with Crippen LogP contribution in [0.25, 0.3) is 106 Å². The number of aromatic nitrogens is 4. The van der Waals surface area contributed by atoms with Gasteiger partial charge in [-0.25, -0.2) is 4.98 Å². The summed E-state index contributed by atoms with van der Waals surface area (Å²) in [5.74, 6) is 1.76. The van der Waals surface area contributed by atoms with Gasteiger partial charge in [0.1, 0.15) is 5.82 Å². The Hall–Kier alpha value is -8.11. The van der Waals surface area contributed by atoms with Crippen LogP contribution in [0.15, 0.2) is 200 Å². The molecule has 5 nitrogen and oxygen atoms in total. The van der Waals surface area contributed by atoms with E-state index in [1.807, 2.05) is 57.8 Å². The zero-order valence-electron chi connectivity index (χ0n) is 50.2. The van der Waals surface area contributed by atoms with Gasteiger partial charge in [-0.3, -0.25) is 4.57 Å². The van der Waals surface area contributed by atoms with Crippen LogP contribution < -0.4 is 9.30 Å². The topological polar surface area (TPSA) is 35.9 Å². The van der Waals surface area contributed by atoms with Crippen LogP contribution in [0, 0.1) is 18.5 Å². The molecule has 1 aliphatic rings. The molecule has 3 aromatic heterocycles. The first kappa shape index (κ1) is 45.0. The second kappa shape index (κ2) is 19.1. The number of nitrogens with zero attached hydrogens (tertiary/aromatic N) is 4. The van der Waals surface area contributed by atoms with Crippen molar-refractivity contribution in [3.8, 4) is 84.3 Å². The van der Waals surface area contributed by atoms with Gasteiger partial charge in [0.25, 0.3) is 6.33 Å². The molecule has 0 atom stereocenters. The van der Waals surface area contributed by atoms with Crippen molar-refractivity contribution in [3.05, 3.63) is 235 Å². The van der Waals surface area contributed by atoms with E-state index in [1.165, 1.54) is 16.7 Å². The fraction of sp³-hybridized carbons (Fsp3) is 0.167. The van der Waals surface area contributed by atoms with Crippen molar-refractivity contribution in [2.24, 2.45) is 0 Å². The van der Waals surface area contributed by atoms with Crippen LogP contribution in [0.5, 0.6) is 11.5 Å². The molecule has 78 heavy (non-hydrogen) atoms. The molecule has 0 aliphatic carbocycles. The van der Waals surface area contributed by atoms with E-state index in [0.29, 0.717) is 28.4 Å². The molecule has 0 N–H and O–H groups in total. The van der Waals surface area contributed by atoms with Gasteiger partial charge >= 0.3 is 0 Å². The Morgan fingerprint density at radius 2 is 1.12 bits per heavy atom. The van der Waals surface area contributed by atoms with Crippen LogP contribution >= 0.6 is 0 Å². The molecule has 4 heterocycles. The van der Waals surface area contributed by atoms with Crippen molar-refractivity contribution in [1.82, 2.24) is 14.1 Å². The van der Waals surface area contributed by atoms with Gasteiger partial charge in [0.15, 0.2) is 0 Å². The second-order valence-electron chi connectivity index (χ2n) is 23.3. The minimum atomic E-state index is -0.453. The van der Waals surface area contributed by atoms with Crippen molar-refractivity contribution in [2.75, 3.05) is 0 Å². The summed E-state index contributed by atoms with van der Waals surface area (Å²) in [7, 11) is 0. The van der Waals surface area contributed by atoms with Crippen LogP contribution in [0.4, 0.5) is 0 Å². The molecule has 13 rings (SSSR count). The first-order chi connectivity index (χ1) is 39.1. The SMILES string of the molecule is [2H]c1c([2H])c([2H])c(-c2cccc3c2-[n+]2[c-]n(-c4[c-]c(Oc5[c-]c6c(cc5)c5ccccc5n6-c5cc(C(C)(C)C)ccn5)ccc4)c4cccc(c42)-c2ccccc2-c2ccc(-c4cc(C(C)(C)C)cc(C(C)(C)C)c4)cc2-3)c([2H])c1[2H].[Pt]. The first-order valence-electron chi connectivity index (χ1n) is 28.9. The van der Waals surface area contributed by atoms with Gasteiger partial charge in [0.05, 0.1) is 23.6 Å². The number of hydrogen-bond acceptors (Lipinski definition) is 2. The van der Waals surface area contributed by atoms with Crippen molar-refractivity contribution in [3.63, 3.8) is 0 Å². The Morgan fingerprint density at radius 1 is 0.487 bits per heavy atom. The number of benzene rings is 9. The van der Waals surface area contributed by atoms with E-state index in [0.717, 1.165) is 83.2 Å². The number of ether oxygens (including phenoxy) is 1. The number of fused-ring (bicyclic) bond motifs is 10. The molecular formula is C72H60N4OPt-2. The molecule has 6 heteroatoms. The molecule has 0 radical (unpaired) electrons. The fourth-order valence-electron chi connectivity index (χ4n) is 11.0. The average molecular weight is 1200 g/mol. The summed E-state index contributed by atoms with van der Waals surface area (Å²) in [4.78, 5) is 4.88. The molecule has 0 saturated heterocycles. The minimum Gasteiger partial charge on any atom is -0.510 e. The Bertz CT molecular complexity index is 4570. The van der Waals surface area contributed by atoms with E-state index < -0.39 is 18.1 Å². The van der Waals surface area contributed by atoms with Gasteiger partial charge in [-0.2, -0.15) is 18.2 Å². The largest absolute Gasteiger partial charge is 0.510 e. The van der Waals surface area contributed by atoms with Crippen molar-refractivity contribution in [2.45, 2.75) is 78.6 Å². The Balaban J connectivity index is 0.00000680. The molecule has 0 saturated carbocycles. The Kier molecular flexibility index (Phi) is 11.0. The van der Waals surface area contributed by atoms with Gasteiger partial charge in [0.2, 0.25) is 0 Å². The maximum atomic E-state index is 9.45. The summed E-state index contributed by atoms with van der Waals surface area (Å²) in [5, 5.41) is 2.11. The van der Waals surface area contributed by atoms with Gasteiger partial charge < -0.3 is 13.9 Å². The fourth-order valence-corrected chi connectivity index (χ4v) is 11.0. The molecule has 9 aromatic carbocycles. The molecule has 0 unspecified atom stereocenters. The smallest absolute Gasteiger partial charge is 0.268 e. The number of pyridine rings is 1. The van der Waals surface area contributed by atoms with Crippen molar-refractivity contribution < 1.29 is 37.2 Å². The Labute approximate surface area is 479 Å². The number of rotatable bonds is 6. The van der Waals surface area contributed by atoms with Gasteiger partial charge in [-0.15, -0.1) is 29.7 Å². The van der Waals surface area contributed by atoms with Crippen LogP contribution in [-0.4, -0.2) is 14.1 Å². The summed E-state index contributed by atoms with van der Waals surface area (Å²) in [6.07, 6.45) is 5.66. The molecule has 0 spiro atoms. The molecule has 1 aliphatic heterocycles. The standard InChI is InChI=1S/C72H60N4O.Pt/c1-70(2,3)49-36-37-73-67(42-49)76-64-30-16-15-26-59(64)60-35-33-54(44-66(60)76)77-53-23-17-22-52(43-53)74-45-75-68-55(46-20-11-10-12-21-46)27-18-28-62(68)63-40-47(48-38-50(71(4,5)6)41-51(39-48)72(7,8)9)32-34-58(63)56-24-13-14-25-57(56)61-29-19-31-65(74)69(61)75;/h10-42H,1-9H3;/q-2;/i10D,11D,12D,20D,21D;. The number of para-hydroxylation sites is 3. The molecule has 0 amide bonds. The first-order valence-corrected chi connectivity index (χ1v) is 26.4.